The van der Waals surface area contributed by atoms with Crippen LogP contribution in [-0.2, 0) is 0 Å². The number of aromatic nitrogens is 5. The molecule has 0 unspecified atom stereocenters. The van der Waals surface area contributed by atoms with Gasteiger partial charge in [-0.3, -0.25) is 4.98 Å². The Morgan fingerprint density at radius 1 is 0.404 bits per heavy atom. The van der Waals surface area contributed by atoms with Gasteiger partial charge in [0.05, 0.1) is 11.4 Å². The van der Waals surface area contributed by atoms with Gasteiger partial charge in [0.15, 0.2) is 23.1 Å². The van der Waals surface area contributed by atoms with Crippen molar-refractivity contribution in [1.29, 1.82) is 0 Å². The quantitative estimate of drug-likeness (QED) is 0.195. The van der Waals surface area contributed by atoms with Gasteiger partial charge in [0.2, 0.25) is 0 Å². The molecule has 0 aliphatic rings. The summed E-state index contributed by atoms with van der Waals surface area (Å²) in [5, 5.41) is 3.11. The van der Waals surface area contributed by atoms with Crippen molar-refractivity contribution < 1.29 is 4.42 Å². The third-order valence-corrected chi connectivity index (χ3v) is 8.38. The van der Waals surface area contributed by atoms with Crippen LogP contribution >= 0.6 is 0 Å². The zero-order chi connectivity index (χ0) is 31.2. The van der Waals surface area contributed by atoms with Gasteiger partial charge in [0.25, 0.3) is 0 Å². The van der Waals surface area contributed by atoms with E-state index in [0.717, 1.165) is 72.0 Å². The van der Waals surface area contributed by atoms with Crippen LogP contribution in [0.5, 0.6) is 0 Å². The highest BCUT2D eigenvalue weighted by molar-refractivity contribution is 6.04. The summed E-state index contributed by atoms with van der Waals surface area (Å²) in [6, 6.07) is 48.9. The van der Waals surface area contributed by atoms with E-state index in [9.17, 15) is 0 Å². The molecule has 0 N–H and O–H groups in total. The predicted molar refractivity (Wildman–Crippen MR) is 187 cm³/mol. The molecule has 0 fully saturated rings. The van der Waals surface area contributed by atoms with E-state index in [2.05, 4.69) is 36.4 Å². The minimum Gasteiger partial charge on any atom is -0.454 e. The van der Waals surface area contributed by atoms with Gasteiger partial charge in [0, 0.05) is 33.7 Å². The van der Waals surface area contributed by atoms with Crippen LogP contribution in [0.25, 0.3) is 89.5 Å². The summed E-state index contributed by atoms with van der Waals surface area (Å²) in [4.78, 5) is 24.4. The van der Waals surface area contributed by atoms with Crippen molar-refractivity contribution in [2.75, 3.05) is 0 Å². The highest BCUT2D eigenvalue weighted by Crippen LogP contribution is 2.34. The first-order chi connectivity index (χ1) is 23.3. The van der Waals surface area contributed by atoms with Crippen LogP contribution < -0.4 is 0 Å². The molecule has 6 heteroatoms. The summed E-state index contributed by atoms with van der Waals surface area (Å²) < 4.78 is 6.00. The molecule has 0 saturated carbocycles. The van der Waals surface area contributed by atoms with Crippen LogP contribution in [0.15, 0.2) is 156 Å². The lowest BCUT2D eigenvalue weighted by Crippen LogP contribution is -2.00. The molecule has 220 valence electrons. The van der Waals surface area contributed by atoms with Gasteiger partial charge in [-0.15, -0.1) is 0 Å². The third kappa shape index (κ3) is 4.89. The summed E-state index contributed by atoms with van der Waals surface area (Å²) in [5.41, 5.74) is 9.03. The molecule has 47 heavy (non-hydrogen) atoms. The molecular formula is C41H25N5O. The van der Waals surface area contributed by atoms with Crippen LogP contribution in [0.1, 0.15) is 0 Å². The largest absolute Gasteiger partial charge is 0.454 e. The molecule has 0 aliphatic heterocycles. The lowest BCUT2D eigenvalue weighted by molar-refractivity contribution is 0.668. The van der Waals surface area contributed by atoms with Crippen molar-refractivity contribution in [3.63, 3.8) is 0 Å². The number of rotatable bonds is 5. The summed E-state index contributed by atoms with van der Waals surface area (Å²) in [5.74, 6) is 1.90. The van der Waals surface area contributed by atoms with E-state index in [4.69, 9.17) is 29.3 Å². The first-order valence-corrected chi connectivity index (χ1v) is 15.4. The van der Waals surface area contributed by atoms with Gasteiger partial charge < -0.3 is 4.42 Å². The molecule has 0 bridgehead atoms. The Labute approximate surface area is 270 Å². The maximum atomic E-state index is 6.00. The van der Waals surface area contributed by atoms with Gasteiger partial charge in [-0.05, 0) is 59.0 Å². The van der Waals surface area contributed by atoms with E-state index < -0.39 is 0 Å². The number of hydrogen-bond donors (Lipinski definition) is 0. The molecule has 0 atom stereocenters. The zero-order valence-electron chi connectivity index (χ0n) is 25.1. The molecule has 0 saturated heterocycles. The molecule has 4 heterocycles. The van der Waals surface area contributed by atoms with Gasteiger partial charge >= 0.3 is 0 Å². The van der Waals surface area contributed by atoms with Crippen molar-refractivity contribution in [3.05, 3.63) is 152 Å². The minimum absolute atomic E-state index is 0.625. The van der Waals surface area contributed by atoms with Crippen molar-refractivity contribution in [3.8, 4) is 56.7 Å². The summed E-state index contributed by atoms with van der Waals surface area (Å²) in [7, 11) is 0. The molecule has 0 aliphatic carbocycles. The molecule has 5 aromatic carbocycles. The van der Waals surface area contributed by atoms with E-state index >= 15 is 0 Å². The Bertz CT molecular complexity index is 2520. The molecule has 0 amide bonds. The van der Waals surface area contributed by atoms with Gasteiger partial charge in [-0.25, -0.2) is 19.9 Å². The number of fused-ring (bicyclic) bond motifs is 4. The summed E-state index contributed by atoms with van der Waals surface area (Å²) >= 11 is 0. The van der Waals surface area contributed by atoms with E-state index in [1.165, 1.54) is 0 Å². The fourth-order valence-corrected chi connectivity index (χ4v) is 6.06. The second-order valence-corrected chi connectivity index (χ2v) is 11.4. The highest BCUT2D eigenvalue weighted by Gasteiger charge is 2.15. The lowest BCUT2D eigenvalue weighted by atomic mass is 9.98. The van der Waals surface area contributed by atoms with Crippen molar-refractivity contribution >= 4 is 32.8 Å². The first-order valence-electron chi connectivity index (χ1n) is 15.4. The topological polar surface area (TPSA) is 77.6 Å². The Kier molecular flexibility index (Phi) is 6.35. The van der Waals surface area contributed by atoms with Crippen LogP contribution in [0, 0.1) is 0 Å². The fourth-order valence-electron chi connectivity index (χ4n) is 6.06. The van der Waals surface area contributed by atoms with Gasteiger partial charge in [-0.2, -0.15) is 0 Å². The average molecular weight is 604 g/mol. The number of nitrogens with zero attached hydrogens (tertiary/aromatic N) is 5. The maximum Gasteiger partial charge on any atom is 0.164 e. The normalized spacial score (nSPS) is 11.4. The van der Waals surface area contributed by atoms with E-state index in [1.54, 1.807) is 0 Å². The maximum absolute atomic E-state index is 6.00. The molecule has 9 rings (SSSR count). The van der Waals surface area contributed by atoms with Crippen molar-refractivity contribution in [2.45, 2.75) is 0 Å². The number of furan rings is 1. The van der Waals surface area contributed by atoms with E-state index in [1.807, 2.05) is 115 Å². The second kappa shape index (κ2) is 11.1. The van der Waals surface area contributed by atoms with E-state index in [0.29, 0.717) is 17.5 Å². The third-order valence-electron chi connectivity index (χ3n) is 8.38. The molecule has 4 aromatic heterocycles. The Morgan fingerprint density at radius 3 is 1.81 bits per heavy atom. The first kappa shape index (κ1) is 26.8. The van der Waals surface area contributed by atoms with E-state index in [-0.39, 0.29) is 0 Å². The predicted octanol–water partition coefficient (Wildman–Crippen LogP) is 10.0. The van der Waals surface area contributed by atoms with Crippen LogP contribution in [0.3, 0.4) is 0 Å². The molecular weight excluding hydrogens is 578 g/mol. The lowest BCUT2D eigenvalue weighted by Gasteiger charge is -2.11. The fraction of sp³-hybridized carbons (Fsp3) is 0. The number of benzene rings is 5. The standard InChI is InChI=1S/C41H25N5O/c1-3-10-26(11-4-1)39-44-40(27-12-5-2-6-13-27)46-41(45-39)31-15-9-14-28(25-31)29-18-19-32-30(24-29)22-23-42-37(32)34-20-21-36-38(43-34)33-16-7-8-17-35(33)47-36/h1-25H. The molecule has 9 aromatic rings. The number of pyridine rings is 2. The molecule has 6 nitrogen and oxygen atoms in total. The Morgan fingerprint density at radius 2 is 1.04 bits per heavy atom. The Balaban J connectivity index is 1.12. The number of para-hydroxylation sites is 1. The van der Waals surface area contributed by atoms with Crippen LogP contribution in [-0.4, -0.2) is 24.9 Å². The van der Waals surface area contributed by atoms with Gasteiger partial charge in [-0.1, -0.05) is 103 Å². The Hall–Kier alpha value is -6.53. The average Bonchev–Trinajstić information content (AvgIpc) is 3.53. The van der Waals surface area contributed by atoms with Crippen molar-refractivity contribution in [2.24, 2.45) is 0 Å². The number of hydrogen-bond acceptors (Lipinski definition) is 6. The zero-order valence-corrected chi connectivity index (χ0v) is 25.1. The summed E-state index contributed by atoms with van der Waals surface area (Å²) in [6.45, 7) is 0. The molecule has 0 radical (unpaired) electrons. The minimum atomic E-state index is 0.625. The second-order valence-electron chi connectivity index (χ2n) is 11.4. The highest BCUT2D eigenvalue weighted by atomic mass is 16.3. The SMILES string of the molecule is c1ccc(-c2nc(-c3ccccc3)nc(-c3cccc(-c4ccc5c(-c6ccc7oc8ccccc8c7n6)nccc5c4)c3)n2)cc1. The van der Waals surface area contributed by atoms with Crippen molar-refractivity contribution in [1.82, 2.24) is 24.9 Å². The molecule has 0 spiro atoms. The van der Waals surface area contributed by atoms with Gasteiger partial charge in [0.1, 0.15) is 11.1 Å². The smallest absolute Gasteiger partial charge is 0.164 e. The van der Waals surface area contributed by atoms with Crippen LogP contribution in [0.4, 0.5) is 0 Å². The summed E-state index contributed by atoms with van der Waals surface area (Å²) in [6.07, 6.45) is 1.85. The monoisotopic (exact) mass is 603 g/mol. The van der Waals surface area contributed by atoms with Crippen LogP contribution in [0.2, 0.25) is 0 Å².